The van der Waals surface area contributed by atoms with Crippen LogP contribution < -0.4 is 11.1 Å². The van der Waals surface area contributed by atoms with E-state index in [4.69, 9.17) is 17.3 Å². The molecule has 2 heterocycles. The summed E-state index contributed by atoms with van der Waals surface area (Å²) >= 11 is 6.02. The molecule has 0 saturated carbocycles. The van der Waals surface area contributed by atoms with Crippen molar-refractivity contribution in [2.75, 3.05) is 18.8 Å². The molecule has 1 aromatic carbocycles. The molecule has 0 spiro atoms. The lowest BCUT2D eigenvalue weighted by molar-refractivity contribution is 0.550. The van der Waals surface area contributed by atoms with Crippen LogP contribution in [0.4, 0.5) is 5.69 Å². The summed E-state index contributed by atoms with van der Waals surface area (Å²) < 4.78 is 2.07. The molecule has 0 amide bonds. The Bertz CT molecular complexity index is 559. The average molecular weight is 264 g/mol. The van der Waals surface area contributed by atoms with Crippen LogP contribution in [-0.2, 0) is 0 Å². The van der Waals surface area contributed by atoms with E-state index in [0.29, 0.717) is 16.8 Å². The van der Waals surface area contributed by atoms with E-state index in [2.05, 4.69) is 20.1 Å². The first-order valence-electron chi connectivity index (χ1n) is 5.91. The van der Waals surface area contributed by atoms with Gasteiger partial charge < -0.3 is 15.6 Å². The Balaban J connectivity index is 2.06. The second-order valence-corrected chi connectivity index (χ2v) is 4.88. The molecule has 0 bridgehead atoms. The van der Waals surface area contributed by atoms with Gasteiger partial charge >= 0.3 is 0 Å². The summed E-state index contributed by atoms with van der Waals surface area (Å²) in [5.74, 6) is 0.781. The quantitative estimate of drug-likeness (QED) is 0.810. The van der Waals surface area contributed by atoms with E-state index >= 15 is 0 Å². The zero-order chi connectivity index (χ0) is 12.5. The highest BCUT2D eigenvalue weighted by Gasteiger charge is 2.21. The van der Waals surface area contributed by atoms with Crippen LogP contribution in [0.1, 0.15) is 12.5 Å². The number of nitrogens with two attached hydrogens (primary N) is 1. The molecular weight excluding hydrogens is 250 g/mol. The van der Waals surface area contributed by atoms with Crippen molar-refractivity contribution in [3.05, 3.63) is 29.5 Å². The number of aromatic nitrogens is 3. The number of benzene rings is 1. The van der Waals surface area contributed by atoms with Gasteiger partial charge in [-0.15, -0.1) is 10.2 Å². The van der Waals surface area contributed by atoms with Gasteiger partial charge in [0.25, 0.3) is 0 Å². The third-order valence-electron chi connectivity index (χ3n) is 3.26. The molecule has 0 aliphatic carbocycles. The van der Waals surface area contributed by atoms with Gasteiger partial charge in [-0.3, -0.25) is 0 Å². The third-order valence-corrected chi connectivity index (χ3v) is 3.49. The fraction of sp³-hybridized carbons (Fsp3) is 0.333. The van der Waals surface area contributed by atoms with Crippen molar-refractivity contribution >= 4 is 17.3 Å². The number of nitrogens with one attached hydrogen (secondary N) is 1. The zero-order valence-electron chi connectivity index (χ0n) is 9.81. The highest BCUT2D eigenvalue weighted by Crippen LogP contribution is 2.30. The van der Waals surface area contributed by atoms with Gasteiger partial charge in [0.05, 0.1) is 6.04 Å². The summed E-state index contributed by atoms with van der Waals surface area (Å²) in [5.41, 5.74) is 7.50. The summed E-state index contributed by atoms with van der Waals surface area (Å²) in [5, 5.41) is 12.2. The standard InChI is InChI=1S/C12H14ClN5/c13-8-1-2-11(14)10(5-8)12-17-16-7-18(12)9-3-4-15-6-9/h1-2,5,7,9,15H,3-4,6,14H2/t9-/m1/s1. The topological polar surface area (TPSA) is 68.8 Å². The minimum atomic E-state index is 0.383. The minimum Gasteiger partial charge on any atom is -0.398 e. The van der Waals surface area contributed by atoms with E-state index in [-0.39, 0.29) is 0 Å². The number of halogens is 1. The molecule has 6 heteroatoms. The van der Waals surface area contributed by atoms with Gasteiger partial charge in [-0.2, -0.15) is 0 Å². The average Bonchev–Trinajstić information content (AvgIpc) is 3.00. The second kappa shape index (κ2) is 4.59. The Kier molecular flexibility index (Phi) is 2.93. The summed E-state index contributed by atoms with van der Waals surface area (Å²) in [6, 6.07) is 5.79. The van der Waals surface area contributed by atoms with Crippen LogP contribution >= 0.6 is 11.6 Å². The van der Waals surface area contributed by atoms with E-state index in [1.165, 1.54) is 0 Å². The van der Waals surface area contributed by atoms with Crippen molar-refractivity contribution in [2.45, 2.75) is 12.5 Å². The lowest BCUT2D eigenvalue weighted by Crippen LogP contribution is -2.14. The number of anilines is 1. The first-order chi connectivity index (χ1) is 8.75. The lowest BCUT2D eigenvalue weighted by atomic mass is 10.1. The van der Waals surface area contributed by atoms with Crippen LogP contribution in [0.15, 0.2) is 24.5 Å². The maximum absolute atomic E-state index is 6.02. The third kappa shape index (κ3) is 1.95. The van der Waals surface area contributed by atoms with Gasteiger partial charge in [-0.25, -0.2) is 0 Å². The van der Waals surface area contributed by atoms with E-state index in [1.54, 1.807) is 18.5 Å². The molecule has 1 aromatic heterocycles. The largest absolute Gasteiger partial charge is 0.398 e. The smallest absolute Gasteiger partial charge is 0.166 e. The molecule has 5 nitrogen and oxygen atoms in total. The van der Waals surface area contributed by atoms with Gasteiger partial charge in [0.15, 0.2) is 5.82 Å². The summed E-state index contributed by atoms with van der Waals surface area (Å²) in [6.07, 6.45) is 2.83. The number of rotatable bonds is 2. The van der Waals surface area contributed by atoms with Crippen LogP contribution in [0.3, 0.4) is 0 Å². The Morgan fingerprint density at radius 2 is 2.33 bits per heavy atom. The molecule has 94 valence electrons. The Morgan fingerprint density at radius 3 is 3.11 bits per heavy atom. The van der Waals surface area contributed by atoms with E-state index in [0.717, 1.165) is 30.9 Å². The Hall–Kier alpha value is -1.59. The lowest BCUT2D eigenvalue weighted by Gasteiger charge is -2.14. The molecule has 0 unspecified atom stereocenters. The maximum Gasteiger partial charge on any atom is 0.166 e. The minimum absolute atomic E-state index is 0.383. The summed E-state index contributed by atoms with van der Waals surface area (Å²) in [7, 11) is 0. The second-order valence-electron chi connectivity index (χ2n) is 4.44. The molecular formula is C12H14ClN5. The van der Waals surface area contributed by atoms with Gasteiger partial charge in [-0.05, 0) is 31.2 Å². The van der Waals surface area contributed by atoms with Crippen LogP contribution in [-0.4, -0.2) is 27.9 Å². The number of hydrogen-bond acceptors (Lipinski definition) is 4. The van der Waals surface area contributed by atoms with Gasteiger partial charge in [-0.1, -0.05) is 11.6 Å². The number of nitrogens with zero attached hydrogens (tertiary/aromatic N) is 3. The number of hydrogen-bond donors (Lipinski definition) is 2. The van der Waals surface area contributed by atoms with Crippen LogP contribution in [0.25, 0.3) is 11.4 Å². The highest BCUT2D eigenvalue weighted by molar-refractivity contribution is 6.31. The van der Waals surface area contributed by atoms with Crippen molar-refractivity contribution in [2.24, 2.45) is 0 Å². The van der Waals surface area contributed by atoms with Crippen LogP contribution in [0.5, 0.6) is 0 Å². The van der Waals surface area contributed by atoms with Crippen molar-refractivity contribution < 1.29 is 0 Å². The van der Waals surface area contributed by atoms with Crippen LogP contribution in [0, 0.1) is 0 Å². The predicted molar refractivity (Wildman–Crippen MR) is 71.4 cm³/mol. The molecule has 18 heavy (non-hydrogen) atoms. The SMILES string of the molecule is Nc1ccc(Cl)cc1-c1nncn1[C@@H]1CCNC1. The Labute approximate surface area is 110 Å². The zero-order valence-corrected chi connectivity index (χ0v) is 10.6. The molecule has 2 aromatic rings. The first-order valence-corrected chi connectivity index (χ1v) is 6.29. The monoisotopic (exact) mass is 263 g/mol. The molecule has 1 aliphatic rings. The van der Waals surface area contributed by atoms with Crippen molar-refractivity contribution in [1.82, 2.24) is 20.1 Å². The summed E-state index contributed by atoms with van der Waals surface area (Å²) in [4.78, 5) is 0. The summed E-state index contributed by atoms with van der Waals surface area (Å²) in [6.45, 7) is 1.96. The number of nitrogen functional groups attached to an aromatic ring is 1. The fourth-order valence-corrected chi connectivity index (χ4v) is 2.47. The molecule has 0 radical (unpaired) electrons. The normalized spacial score (nSPS) is 19.3. The van der Waals surface area contributed by atoms with Crippen LogP contribution in [0.2, 0.25) is 5.02 Å². The van der Waals surface area contributed by atoms with E-state index in [1.807, 2.05) is 6.07 Å². The van der Waals surface area contributed by atoms with Crippen molar-refractivity contribution in [3.63, 3.8) is 0 Å². The van der Waals surface area contributed by atoms with Gasteiger partial charge in [0, 0.05) is 22.8 Å². The first kappa shape index (κ1) is 11.5. The fourth-order valence-electron chi connectivity index (χ4n) is 2.30. The maximum atomic E-state index is 6.02. The van der Waals surface area contributed by atoms with Crippen molar-refractivity contribution in [3.8, 4) is 11.4 Å². The highest BCUT2D eigenvalue weighted by atomic mass is 35.5. The van der Waals surface area contributed by atoms with Gasteiger partial charge in [0.1, 0.15) is 6.33 Å². The van der Waals surface area contributed by atoms with E-state index < -0.39 is 0 Å². The van der Waals surface area contributed by atoms with E-state index in [9.17, 15) is 0 Å². The Morgan fingerprint density at radius 1 is 1.44 bits per heavy atom. The molecule has 3 N–H and O–H groups in total. The molecule has 1 atom stereocenters. The van der Waals surface area contributed by atoms with Crippen molar-refractivity contribution in [1.29, 1.82) is 0 Å². The molecule has 3 rings (SSSR count). The molecule has 1 fully saturated rings. The molecule has 1 saturated heterocycles. The van der Waals surface area contributed by atoms with Gasteiger partial charge in [0.2, 0.25) is 0 Å². The molecule has 1 aliphatic heterocycles. The predicted octanol–water partition coefficient (Wildman–Crippen LogP) is 1.72.